The van der Waals surface area contributed by atoms with Crippen LogP contribution in [0.15, 0.2) is 54.0 Å². The largest absolute Gasteiger partial charge is 0.497 e. The lowest BCUT2D eigenvalue weighted by molar-refractivity contribution is -0.0760. The third kappa shape index (κ3) is 5.18. The number of nitrogens with zero attached hydrogens (tertiary/aromatic N) is 5. The van der Waals surface area contributed by atoms with E-state index in [0.717, 1.165) is 22.1 Å². The van der Waals surface area contributed by atoms with Gasteiger partial charge in [-0.15, -0.1) is 0 Å². The van der Waals surface area contributed by atoms with Crippen molar-refractivity contribution in [2.24, 2.45) is 0 Å². The molecule has 0 fully saturated rings. The van der Waals surface area contributed by atoms with Gasteiger partial charge in [-0.1, -0.05) is 29.5 Å². The molecule has 0 spiro atoms. The van der Waals surface area contributed by atoms with Gasteiger partial charge in [0.05, 0.1) is 32.0 Å². The number of aromatic nitrogens is 4. The van der Waals surface area contributed by atoms with Gasteiger partial charge in [0.15, 0.2) is 5.69 Å². The first kappa shape index (κ1) is 22.4. The number of amides is 1. The molecule has 1 amide bonds. The average Bonchev–Trinajstić information content (AvgIpc) is 3.45. The predicted molar refractivity (Wildman–Crippen MR) is 124 cm³/mol. The van der Waals surface area contributed by atoms with Crippen molar-refractivity contribution >= 4 is 17.2 Å². The molecular weight excluding hydrogens is 442 g/mol. The van der Waals surface area contributed by atoms with Crippen molar-refractivity contribution in [2.75, 3.05) is 21.3 Å². The predicted octanol–water partition coefficient (Wildman–Crippen LogP) is 4.19. The Hall–Kier alpha value is -3.76. The number of hydroxylamine groups is 2. The lowest BCUT2D eigenvalue weighted by Crippen LogP contribution is -2.26. The molecule has 0 saturated heterocycles. The maximum absolute atomic E-state index is 12.9. The molecule has 0 N–H and O–H groups in total. The van der Waals surface area contributed by atoms with Gasteiger partial charge in [-0.2, -0.15) is 5.10 Å². The summed E-state index contributed by atoms with van der Waals surface area (Å²) in [5.74, 6) is 0.855. The summed E-state index contributed by atoms with van der Waals surface area (Å²) in [6.07, 6.45) is 1.80. The molecule has 0 saturated carbocycles. The number of rotatable bonds is 8. The second-order valence-electron chi connectivity index (χ2n) is 7.14. The number of hydrogen-bond donors (Lipinski definition) is 0. The Morgan fingerprint density at radius 3 is 2.61 bits per heavy atom. The van der Waals surface area contributed by atoms with Gasteiger partial charge in [0.2, 0.25) is 5.88 Å². The monoisotopic (exact) mass is 465 g/mol. The van der Waals surface area contributed by atoms with Crippen molar-refractivity contribution in [2.45, 2.75) is 13.5 Å². The molecule has 0 aliphatic carbocycles. The summed E-state index contributed by atoms with van der Waals surface area (Å²) in [4.78, 5) is 26.9. The van der Waals surface area contributed by atoms with Gasteiger partial charge in [-0.3, -0.25) is 14.3 Å². The van der Waals surface area contributed by atoms with Crippen LogP contribution in [0.2, 0.25) is 0 Å². The molecule has 0 atom stereocenters. The van der Waals surface area contributed by atoms with E-state index in [9.17, 15) is 4.79 Å². The van der Waals surface area contributed by atoms with Crippen LogP contribution >= 0.6 is 11.3 Å². The zero-order valence-electron chi connectivity index (χ0n) is 18.7. The van der Waals surface area contributed by atoms with Crippen molar-refractivity contribution in [3.63, 3.8) is 0 Å². The smallest absolute Gasteiger partial charge is 0.298 e. The van der Waals surface area contributed by atoms with Gasteiger partial charge in [0.25, 0.3) is 11.1 Å². The molecule has 0 aliphatic rings. The summed E-state index contributed by atoms with van der Waals surface area (Å²) >= 11 is 1.32. The lowest BCUT2D eigenvalue weighted by atomic mass is 10.2. The Bertz CT molecular complexity index is 1250. The number of carbonyl (C=O) groups is 1. The van der Waals surface area contributed by atoms with E-state index in [4.69, 9.17) is 14.3 Å². The van der Waals surface area contributed by atoms with Crippen molar-refractivity contribution in [1.29, 1.82) is 0 Å². The van der Waals surface area contributed by atoms with Crippen LogP contribution in [0, 0.1) is 6.92 Å². The molecule has 4 rings (SSSR count). The summed E-state index contributed by atoms with van der Waals surface area (Å²) in [7, 11) is 4.59. The number of pyridine rings is 1. The lowest BCUT2D eigenvalue weighted by Gasteiger charge is -2.12. The van der Waals surface area contributed by atoms with Gasteiger partial charge >= 0.3 is 0 Å². The number of methoxy groups -OCH3 is 1. The van der Waals surface area contributed by atoms with Gasteiger partial charge in [-0.05, 0) is 30.7 Å². The van der Waals surface area contributed by atoms with Crippen molar-refractivity contribution in [3.05, 3.63) is 71.0 Å². The van der Waals surface area contributed by atoms with Crippen LogP contribution in [0.3, 0.4) is 0 Å². The highest BCUT2D eigenvalue weighted by Gasteiger charge is 2.24. The fourth-order valence-corrected chi connectivity index (χ4v) is 3.77. The fourth-order valence-electron chi connectivity index (χ4n) is 3.09. The zero-order chi connectivity index (χ0) is 23.4. The Kier molecular flexibility index (Phi) is 6.66. The summed E-state index contributed by atoms with van der Waals surface area (Å²) in [5, 5.41) is 7.90. The summed E-state index contributed by atoms with van der Waals surface area (Å²) in [6.45, 7) is 2.36. The Morgan fingerprint density at radius 1 is 1.12 bits per heavy atom. The Labute approximate surface area is 195 Å². The molecule has 0 bridgehead atoms. The minimum atomic E-state index is -0.378. The highest BCUT2D eigenvalue weighted by atomic mass is 32.1. The number of thiazole rings is 1. The van der Waals surface area contributed by atoms with E-state index in [-0.39, 0.29) is 11.6 Å². The molecule has 3 heterocycles. The first-order valence-electron chi connectivity index (χ1n) is 10.1. The summed E-state index contributed by atoms with van der Waals surface area (Å²) < 4.78 is 12.7. The number of ether oxygens (including phenoxy) is 2. The van der Waals surface area contributed by atoms with Crippen LogP contribution < -0.4 is 9.47 Å². The quantitative estimate of drug-likeness (QED) is 0.360. The average molecular weight is 466 g/mol. The van der Waals surface area contributed by atoms with Crippen LogP contribution in [0.4, 0.5) is 0 Å². The summed E-state index contributed by atoms with van der Waals surface area (Å²) in [5.41, 5.74) is 3.26. The Morgan fingerprint density at radius 2 is 1.91 bits per heavy atom. The molecule has 9 nitrogen and oxygen atoms in total. The maximum Gasteiger partial charge on any atom is 0.298 e. The molecular formula is C23H23N5O4S. The first-order valence-corrected chi connectivity index (χ1v) is 10.9. The van der Waals surface area contributed by atoms with E-state index in [1.807, 2.05) is 48.7 Å². The summed E-state index contributed by atoms with van der Waals surface area (Å²) in [6, 6.07) is 13.2. The molecule has 0 unspecified atom stereocenters. The second kappa shape index (κ2) is 9.80. The standard InChI is InChI=1S/C23H23N5O4S/c1-15-6-5-7-20(24-15)32-23-25-19(14-33-23)18-13-28(26-21(18)22(29)27(2)31-4)12-16-8-10-17(30-3)11-9-16/h5-11,13-14H,12H2,1-4H3. The second-order valence-corrected chi connectivity index (χ2v) is 7.96. The van der Waals surface area contributed by atoms with Crippen LogP contribution in [0.5, 0.6) is 16.8 Å². The molecule has 10 heteroatoms. The molecule has 3 aromatic heterocycles. The third-order valence-corrected chi connectivity index (χ3v) is 5.56. The SMILES string of the molecule is COc1ccc(Cn2cc(-c3csc(Oc4cccc(C)n4)n3)c(C(=O)N(C)OC)n2)cc1. The van der Waals surface area contributed by atoms with Crippen molar-refractivity contribution < 1.29 is 19.1 Å². The molecule has 0 radical (unpaired) electrons. The first-order chi connectivity index (χ1) is 16.0. The minimum absolute atomic E-state index is 0.235. The van der Waals surface area contributed by atoms with E-state index in [1.54, 1.807) is 24.1 Å². The number of benzene rings is 1. The van der Waals surface area contributed by atoms with E-state index in [0.29, 0.717) is 28.9 Å². The molecule has 1 aromatic carbocycles. The number of hydrogen-bond acceptors (Lipinski definition) is 8. The van der Waals surface area contributed by atoms with Gasteiger partial charge in [0, 0.05) is 30.4 Å². The van der Waals surface area contributed by atoms with Crippen LogP contribution in [-0.2, 0) is 11.4 Å². The van der Waals surface area contributed by atoms with E-state index < -0.39 is 0 Å². The van der Waals surface area contributed by atoms with Crippen LogP contribution in [0.25, 0.3) is 11.3 Å². The number of carbonyl (C=O) groups excluding carboxylic acids is 1. The fraction of sp³-hybridized carbons (Fsp3) is 0.217. The van der Waals surface area contributed by atoms with Crippen molar-refractivity contribution in [3.8, 4) is 28.1 Å². The van der Waals surface area contributed by atoms with Crippen LogP contribution in [0.1, 0.15) is 21.7 Å². The number of aryl methyl sites for hydroxylation is 1. The van der Waals surface area contributed by atoms with Crippen molar-refractivity contribution in [1.82, 2.24) is 24.8 Å². The van der Waals surface area contributed by atoms with E-state index in [1.165, 1.54) is 25.5 Å². The van der Waals surface area contributed by atoms with Gasteiger partial charge < -0.3 is 9.47 Å². The minimum Gasteiger partial charge on any atom is -0.497 e. The van der Waals surface area contributed by atoms with E-state index in [2.05, 4.69) is 15.1 Å². The molecule has 170 valence electrons. The molecule has 0 aliphatic heterocycles. The highest BCUT2D eigenvalue weighted by molar-refractivity contribution is 7.11. The third-order valence-electron chi connectivity index (χ3n) is 4.84. The highest BCUT2D eigenvalue weighted by Crippen LogP contribution is 2.31. The van der Waals surface area contributed by atoms with Crippen LogP contribution in [-0.4, -0.2) is 52.0 Å². The maximum atomic E-state index is 12.9. The van der Waals surface area contributed by atoms with E-state index >= 15 is 0 Å². The zero-order valence-corrected chi connectivity index (χ0v) is 19.5. The molecule has 4 aromatic rings. The normalized spacial score (nSPS) is 10.8. The topological polar surface area (TPSA) is 91.6 Å². The van der Waals surface area contributed by atoms with Gasteiger partial charge in [0.1, 0.15) is 5.75 Å². The molecule has 33 heavy (non-hydrogen) atoms. The Balaban J connectivity index is 1.64. The van der Waals surface area contributed by atoms with Gasteiger partial charge in [-0.25, -0.2) is 15.0 Å².